The van der Waals surface area contributed by atoms with Crippen molar-refractivity contribution in [2.45, 2.75) is 0 Å². The number of halogens is 1. The Morgan fingerprint density at radius 3 is 2.12 bits per heavy atom. The molecule has 116 valence electrons. The smallest absolute Gasteiger partial charge is 0.150 e. The fourth-order valence-corrected chi connectivity index (χ4v) is 2.87. The lowest BCUT2D eigenvalue weighted by Gasteiger charge is -2.03. The lowest BCUT2D eigenvalue weighted by atomic mass is 10.0. The maximum Gasteiger partial charge on any atom is 0.150 e. The molecule has 0 fully saturated rings. The van der Waals surface area contributed by atoms with Crippen LogP contribution in [0, 0.1) is 0 Å². The largest absolute Gasteiger partial charge is 0.338 e. The molecule has 1 heterocycles. The zero-order valence-electron chi connectivity index (χ0n) is 12.7. The molecule has 0 saturated carbocycles. The average Bonchev–Trinajstić information content (AvgIpc) is 3.05. The van der Waals surface area contributed by atoms with E-state index >= 15 is 0 Å². The molecule has 4 rings (SSSR count). The van der Waals surface area contributed by atoms with Gasteiger partial charge in [0.15, 0.2) is 0 Å². The van der Waals surface area contributed by atoms with Gasteiger partial charge in [-0.25, -0.2) is 4.98 Å². The topological polar surface area (TPSA) is 45.8 Å². The number of aldehydes is 1. The number of nitrogens with zero attached hydrogens (tertiary/aromatic N) is 1. The van der Waals surface area contributed by atoms with Crippen LogP contribution in [0.25, 0.3) is 33.5 Å². The fourth-order valence-electron chi connectivity index (χ4n) is 2.69. The number of hydrogen-bond donors (Lipinski definition) is 1. The normalized spacial score (nSPS) is 10.9. The maximum absolute atomic E-state index is 10.7. The fraction of sp³-hybridized carbons (Fsp3) is 0. The van der Waals surface area contributed by atoms with Gasteiger partial charge in [0.1, 0.15) is 12.1 Å². The Hall–Kier alpha value is -2.91. The quantitative estimate of drug-likeness (QED) is 0.513. The minimum Gasteiger partial charge on any atom is -0.338 e. The van der Waals surface area contributed by atoms with Gasteiger partial charge in [-0.2, -0.15) is 0 Å². The summed E-state index contributed by atoms with van der Waals surface area (Å²) in [7, 11) is 0. The van der Waals surface area contributed by atoms with Gasteiger partial charge in [0.25, 0.3) is 0 Å². The highest BCUT2D eigenvalue weighted by atomic mass is 35.5. The van der Waals surface area contributed by atoms with E-state index in [0.29, 0.717) is 10.6 Å². The third kappa shape index (κ3) is 2.70. The second-order valence-corrected chi connectivity index (χ2v) is 6.00. The number of benzene rings is 3. The summed E-state index contributed by atoms with van der Waals surface area (Å²) in [5.74, 6) is 0.815. The molecule has 0 bridgehead atoms. The standard InChI is InChI=1S/C20H13ClN2O/c21-17-9-10-18-19(11-17)23-20(22-18)16-7-5-15(6-8-16)14-3-1-13(12-24)2-4-14/h1-12H,(H,22,23). The number of fused-ring (bicyclic) bond motifs is 1. The first-order chi connectivity index (χ1) is 11.7. The number of aromatic nitrogens is 2. The van der Waals surface area contributed by atoms with Crippen LogP contribution in [0.15, 0.2) is 66.7 Å². The molecule has 0 unspecified atom stereocenters. The first kappa shape index (κ1) is 14.7. The van der Waals surface area contributed by atoms with Crippen molar-refractivity contribution in [1.29, 1.82) is 0 Å². The van der Waals surface area contributed by atoms with E-state index in [1.54, 1.807) is 0 Å². The third-order valence-electron chi connectivity index (χ3n) is 3.98. The molecule has 1 N–H and O–H groups in total. The number of carbonyl (C=O) groups is 1. The molecule has 0 aliphatic rings. The van der Waals surface area contributed by atoms with Crippen molar-refractivity contribution in [3.63, 3.8) is 0 Å². The second-order valence-electron chi connectivity index (χ2n) is 5.56. The SMILES string of the molecule is O=Cc1ccc(-c2ccc(-c3nc4ccc(Cl)cc4[nH]3)cc2)cc1. The van der Waals surface area contributed by atoms with Crippen LogP contribution in [0.3, 0.4) is 0 Å². The minimum absolute atomic E-state index is 0.677. The third-order valence-corrected chi connectivity index (χ3v) is 4.22. The Morgan fingerprint density at radius 2 is 1.46 bits per heavy atom. The Balaban J connectivity index is 1.67. The number of nitrogens with one attached hydrogen (secondary N) is 1. The van der Waals surface area contributed by atoms with E-state index in [9.17, 15) is 4.79 Å². The number of hydrogen-bond acceptors (Lipinski definition) is 2. The summed E-state index contributed by atoms with van der Waals surface area (Å²) in [5, 5.41) is 0.687. The Morgan fingerprint density at radius 1 is 0.833 bits per heavy atom. The Labute approximate surface area is 143 Å². The minimum atomic E-state index is 0.677. The van der Waals surface area contributed by atoms with E-state index in [4.69, 9.17) is 11.6 Å². The van der Waals surface area contributed by atoms with E-state index in [0.717, 1.165) is 39.8 Å². The van der Waals surface area contributed by atoms with Crippen molar-refractivity contribution < 1.29 is 4.79 Å². The maximum atomic E-state index is 10.7. The average molecular weight is 333 g/mol. The summed E-state index contributed by atoms with van der Waals surface area (Å²) in [5.41, 5.74) is 5.67. The molecular formula is C20H13ClN2O. The molecule has 0 aliphatic heterocycles. The van der Waals surface area contributed by atoms with Crippen LogP contribution in [-0.2, 0) is 0 Å². The van der Waals surface area contributed by atoms with Crippen molar-refractivity contribution in [1.82, 2.24) is 9.97 Å². The highest BCUT2D eigenvalue weighted by molar-refractivity contribution is 6.31. The molecule has 3 aromatic carbocycles. The molecular weight excluding hydrogens is 320 g/mol. The van der Waals surface area contributed by atoms with Gasteiger partial charge in [-0.15, -0.1) is 0 Å². The van der Waals surface area contributed by atoms with Crippen LogP contribution < -0.4 is 0 Å². The van der Waals surface area contributed by atoms with Crippen molar-refractivity contribution in [2.75, 3.05) is 0 Å². The molecule has 1 aromatic heterocycles. The van der Waals surface area contributed by atoms with E-state index in [1.165, 1.54) is 0 Å². The predicted octanol–water partition coefficient (Wildman–Crippen LogP) is 5.36. The van der Waals surface area contributed by atoms with Crippen molar-refractivity contribution in [3.05, 3.63) is 77.3 Å². The van der Waals surface area contributed by atoms with E-state index < -0.39 is 0 Å². The van der Waals surface area contributed by atoms with Crippen LogP contribution in [0.4, 0.5) is 0 Å². The zero-order valence-corrected chi connectivity index (χ0v) is 13.4. The van der Waals surface area contributed by atoms with E-state index in [1.807, 2.05) is 66.7 Å². The van der Waals surface area contributed by atoms with Crippen LogP contribution >= 0.6 is 11.6 Å². The molecule has 0 radical (unpaired) electrons. The number of H-pyrrole nitrogens is 1. The van der Waals surface area contributed by atoms with Crippen LogP contribution in [0.2, 0.25) is 5.02 Å². The first-order valence-electron chi connectivity index (χ1n) is 7.54. The molecule has 3 nitrogen and oxygen atoms in total. The zero-order chi connectivity index (χ0) is 16.5. The molecule has 0 atom stereocenters. The van der Waals surface area contributed by atoms with E-state index in [-0.39, 0.29) is 0 Å². The predicted molar refractivity (Wildman–Crippen MR) is 97.4 cm³/mol. The molecule has 4 heteroatoms. The highest BCUT2D eigenvalue weighted by Crippen LogP contribution is 2.26. The summed E-state index contributed by atoms with van der Waals surface area (Å²) < 4.78 is 0. The van der Waals surface area contributed by atoms with Gasteiger partial charge in [-0.1, -0.05) is 60.1 Å². The summed E-state index contributed by atoms with van der Waals surface area (Å²) in [6, 6.07) is 21.3. The monoisotopic (exact) mass is 332 g/mol. The lowest BCUT2D eigenvalue weighted by Crippen LogP contribution is -1.83. The van der Waals surface area contributed by atoms with Gasteiger partial charge in [-0.3, -0.25) is 4.79 Å². The number of imidazole rings is 1. The number of carbonyl (C=O) groups excluding carboxylic acids is 1. The van der Waals surface area contributed by atoms with Crippen LogP contribution in [0.5, 0.6) is 0 Å². The highest BCUT2D eigenvalue weighted by Gasteiger charge is 2.06. The van der Waals surface area contributed by atoms with Crippen LogP contribution in [0.1, 0.15) is 10.4 Å². The van der Waals surface area contributed by atoms with Gasteiger partial charge >= 0.3 is 0 Å². The van der Waals surface area contributed by atoms with Crippen molar-refractivity contribution in [2.24, 2.45) is 0 Å². The van der Waals surface area contributed by atoms with E-state index in [2.05, 4.69) is 9.97 Å². The molecule has 24 heavy (non-hydrogen) atoms. The molecule has 4 aromatic rings. The van der Waals surface area contributed by atoms with Gasteiger partial charge < -0.3 is 4.98 Å². The van der Waals surface area contributed by atoms with Crippen molar-refractivity contribution in [3.8, 4) is 22.5 Å². The number of rotatable bonds is 3. The van der Waals surface area contributed by atoms with Gasteiger partial charge in [-0.05, 0) is 29.3 Å². The molecule has 0 aliphatic carbocycles. The van der Waals surface area contributed by atoms with Gasteiger partial charge in [0.2, 0.25) is 0 Å². The summed E-state index contributed by atoms with van der Waals surface area (Å²) in [6.07, 6.45) is 0.848. The number of aromatic amines is 1. The molecule has 0 spiro atoms. The first-order valence-corrected chi connectivity index (χ1v) is 7.92. The molecule has 0 saturated heterocycles. The summed E-state index contributed by atoms with van der Waals surface area (Å²) in [6.45, 7) is 0. The second kappa shape index (κ2) is 5.95. The molecule has 0 amide bonds. The van der Waals surface area contributed by atoms with Crippen molar-refractivity contribution >= 4 is 28.9 Å². The Bertz CT molecular complexity index is 1020. The lowest BCUT2D eigenvalue weighted by molar-refractivity contribution is 0.112. The van der Waals surface area contributed by atoms with Gasteiger partial charge in [0, 0.05) is 16.1 Å². The summed E-state index contributed by atoms with van der Waals surface area (Å²) in [4.78, 5) is 18.6. The van der Waals surface area contributed by atoms with Crippen LogP contribution in [-0.4, -0.2) is 16.3 Å². The summed E-state index contributed by atoms with van der Waals surface area (Å²) >= 11 is 6.01. The Kier molecular flexibility index (Phi) is 3.63. The van der Waals surface area contributed by atoms with Gasteiger partial charge in [0.05, 0.1) is 11.0 Å².